The lowest BCUT2D eigenvalue weighted by Gasteiger charge is -2.14. The fraction of sp³-hybridized carbons (Fsp3) is 0.353. The Balaban J connectivity index is 1.83. The van der Waals surface area contributed by atoms with Gasteiger partial charge in [-0.1, -0.05) is 12.1 Å². The van der Waals surface area contributed by atoms with Gasteiger partial charge in [0.05, 0.1) is 5.69 Å². The van der Waals surface area contributed by atoms with Crippen molar-refractivity contribution in [2.24, 2.45) is 0 Å². The van der Waals surface area contributed by atoms with Crippen molar-refractivity contribution in [2.45, 2.75) is 40.3 Å². The Labute approximate surface area is 135 Å². The van der Waals surface area contributed by atoms with Crippen molar-refractivity contribution in [3.05, 3.63) is 64.4 Å². The molecule has 0 aliphatic carbocycles. The summed E-state index contributed by atoms with van der Waals surface area (Å²) in [6, 6.07) is 6.21. The van der Waals surface area contributed by atoms with Gasteiger partial charge in [-0.2, -0.15) is 4.98 Å². The van der Waals surface area contributed by atoms with Crippen molar-refractivity contribution < 1.29 is 0 Å². The third-order valence-corrected chi connectivity index (χ3v) is 4.06. The summed E-state index contributed by atoms with van der Waals surface area (Å²) in [4.78, 5) is 20.2. The number of rotatable bonds is 5. The van der Waals surface area contributed by atoms with E-state index in [-0.39, 0.29) is 5.69 Å². The largest absolute Gasteiger partial charge is 0.364 e. The molecule has 0 atom stereocenters. The SMILES string of the molecule is Cc1ccc(C)c(-n2cnc(=O)n2CCCn2ccnc2C)c1. The molecule has 6 nitrogen and oxygen atoms in total. The van der Waals surface area contributed by atoms with Crippen LogP contribution in [0.5, 0.6) is 0 Å². The van der Waals surface area contributed by atoms with Gasteiger partial charge in [-0.05, 0) is 44.4 Å². The molecule has 0 aliphatic heterocycles. The quantitative estimate of drug-likeness (QED) is 0.726. The summed E-state index contributed by atoms with van der Waals surface area (Å²) in [5, 5.41) is 0. The first-order valence-corrected chi connectivity index (χ1v) is 7.76. The van der Waals surface area contributed by atoms with Gasteiger partial charge in [-0.3, -0.25) is 0 Å². The molecule has 120 valence electrons. The third kappa shape index (κ3) is 3.11. The highest BCUT2D eigenvalue weighted by Gasteiger charge is 2.09. The zero-order valence-electron chi connectivity index (χ0n) is 13.7. The van der Waals surface area contributed by atoms with Gasteiger partial charge < -0.3 is 4.57 Å². The van der Waals surface area contributed by atoms with Gasteiger partial charge in [-0.25, -0.2) is 19.1 Å². The van der Waals surface area contributed by atoms with E-state index in [2.05, 4.69) is 32.7 Å². The van der Waals surface area contributed by atoms with Crippen molar-refractivity contribution >= 4 is 0 Å². The molecular formula is C17H21N5O. The lowest BCUT2D eigenvalue weighted by molar-refractivity contribution is 0.477. The van der Waals surface area contributed by atoms with E-state index < -0.39 is 0 Å². The summed E-state index contributed by atoms with van der Waals surface area (Å²) in [6.45, 7) is 7.51. The number of aryl methyl sites for hydroxylation is 4. The molecule has 6 heteroatoms. The molecule has 2 aromatic heterocycles. The summed E-state index contributed by atoms with van der Waals surface area (Å²) in [7, 11) is 0. The Morgan fingerprint density at radius 3 is 2.65 bits per heavy atom. The summed E-state index contributed by atoms with van der Waals surface area (Å²) >= 11 is 0. The fourth-order valence-electron chi connectivity index (χ4n) is 2.72. The minimum atomic E-state index is -0.215. The van der Waals surface area contributed by atoms with E-state index >= 15 is 0 Å². The summed E-state index contributed by atoms with van der Waals surface area (Å²) < 4.78 is 5.63. The summed E-state index contributed by atoms with van der Waals surface area (Å²) in [5.74, 6) is 0.986. The Hall–Kier alpha value is -2.63. The molecule has 1 aromatic carbocycles. The molecule has 0 aliphatic rings. The lowest BCUT2D eigenvalue weighted by atomic mass is 10.1. The fourth-order valence-corrected chi connectivity index (χ4v) is 2.72. The molecule has 23 heavy (non-hydrogen) atoms. The Kier molecular flexibility index (Phi) is 4.14. The van der Waals surface area contributed by atoms with Gasteiger partial charge in [0.1, 0.15) is 12.2 Å². The molecule has 0 radical (unpaired) electrons. The van der Waals surface area contributed by atoms with Crippen LogP contribution >= 0.6 is 0 Å². The van der Waals surface area contributed by atoms with Crippen LogP contribution in [0.2, 0.25) is 0 Å². The molecule has 0 spiro atoms. The zero-order chi connectivity index (χ0) is 16.4. The van der Waals surface area contributed by atoms with Gasteiger partial charge in [0.2, 0.25) is 0 Å². The minimum absolute atomic E-state index is 0.215. The molecule has 0 bridgehead atoms. The first-order valence-electron chi connectivity index (χ1n) is 7.76. The highest BCUT2D eigenvalue weighted by atomic mass is 16.2. The van der Waals surface area contributed by atoms with Crippen molar-refractivity contribution in [1.29, 1.82) is 0 Å². The molecule has 0 amide bonds. The van der Waals surface area contributed by atoms with Gasteiger partial charge in [-0.15, -0.1) is 0 Å². The van der Waals surface area contributed by atoms with Crippen molar-refractivity contribution in [1.82, 2.24) is 23.9 Å². The van der Waals surface area contributed by atoms with Crippen LogP contribution in [-0.4, -0.2) is 23.9 Å². The zero-order valence-corrected chi connectivity index (χ0v) is 13.7. The maximum Gasteiger partial charge on any atom is 0.364 e. The van der Waals surface area contributed by atoms with Crippen LogP contribution in [0.4, 0.5) is 0 Å². The standard InChI is InChI=1S/C17H21N5O/c1-13-5-6-14(2)16(11-13)22-12-19-17(23)21(22)9-4-8-20-10-7-18-15(20)3/h5-7,10-12H,4,8-9H2,1-3H3. The van der Waals surface area contributed by atoms with Crippen LogP contribution < -0.4 is 5.69 Å². The molecule has 0 saturated heterocycles. The van der Waals surface area contributed by atoms with Crippen molar-refractivity contribution in [3.8, 4) is 5.69 Å². The smallest absolute Gasteiger partial charge is 0.335 e. The Morgan fingerprint density at radius 1 is 1.09 bits per heavy atom. The number of nitrogens with zero attached hydrogens (tertiary/aromatic N) is 5. The predicted octanol–water partition coefficient (Wildman–Crippen LogP) is 2.25. The summed E-state index contributed by atoms with van der Waals surface area (Å²) in [6.07, 6.45) is 6.20. The van der Waals surface area contributed by atoms with Gasteiger partial charge in [0.15, 0.2) is 0 Å². The molecular weight excluding hydrogens is 290 g/mol. The number of hydrogen-bond donors (Lipinski definition) is 0. The van der Waals surface area contributed by atoms with Gasteiger partial charge >= 0.3 is 5.69 Å². The van der Waals surface area contributed by atoms with Gasteiger partial charge in [0, 0.05) is 25.5 Å². The highest BCUT2D eigenvalue weighted by molar-refractivity contribution is 5.42. The average Bonchev–Trinajstić information content (AvgIpc) is 3.09. The Bertz CT molecular complexity index is 871. The third-order valence-electron chi connectivity index (χ3n) is 4.06. The van der Waals surface area contributed by atoms with Crippen molar-refractivity contribution in [2.75, 3.05) is 0 Å². The van der Waals surface area contributed by atoms with E-state index in [9.17, 15) is 4.79 Å². The highest BCUT2D eigenvalue weighted by Crippen LogP contribution is 2.15. The second kappa shape index (κ2) is 6.24. The monoisotopic (exact) mass is 311 g/mol. The summed E-state index contributed by atoms with van der Waals surface area (Å²) in [5.41, 5.74) is 3.06. The molecule has 0 N–H and O–H groups in total. The molecule has 3 aromatic rings. The number of hydrogen-bond acceptors (Lipinski definition) is 3. The van der Waals surface area contributed by atoms with E-state index in [4.69, 9.17) is 0 Å². The van der Waals surface area contributed by atoms with Gasteiger partial charge in [0.25, 0.3) is 0 Å². The molecule has 2 heterocycles. The van der Waals surface area contributed by atoms with Crippen LogP contribution in [0.25, 0.3) is 5.69 Å². The first kappa shape index (κ1) is 15.3. The number of aromatic nitrogens is 5. The normalized spacial score (nSPS) is 11.1. The van der Waals surface area contributed by atoms with Crippen LogP contribution in [0.1, 0.15) is 23.4 Å². The predicted molar refractivity (Wildman–Crippen MR) is 88.9 cm³/mol. The number of benzene rings is 1. The second-order valence-electron chi connectivity index (χ2n) is 5.81. The van der Waals surface area contributed by atoms with E-state index in [0.29, 0.717) is 6.54 Å². The van der Waals surface area contributed by atoms with Crippen LogP contribution in [0.3, 0.4) is 0 Å². The minimum Gasteiger partial charge on any atom is -0.335 e. The van der Waals surface area contributed by atoms with Crippen LogP contribution in [0.15, 0.2) is 41.7 Å². The average molecular weight is 311 g/mol. The lowest BCUT2D eigenvalue weighted by Crippen LogP contribution is -2.24. The van der Waals surface area contributed by atoms with E-state index in [1.807, 2.05) is 31.6 Å². The van der Waals surface area contributed by atoms with Crippen LogP contribution in [-0.2, 0) is 13.1 Å². The second-order valence-corrected chi connectivity index (χ2v) is 5.81. The maximum atomic E-state index is 12.1. The van der Waals surface area contributed by atoms with E-state index in [1.54, 1.807) is 17.2 Å². The molecule has 3 rings (SSSR count). The number of imidazole rings is 1. The maximum absolute atomic E-state index is 12.1. The molecule has 0 unspecified atom stereocenters. The first-order chi connectivity index (χ1) is 11.1. The topological polar surface area (TPSA) is 57.6 Å². The van der Waals surface area contributed by atoms with Crippen molar-refractivity contribution in [3.63, 3.8) is 0 Å². The van der Waals surface area contributed by atoms with E-state index in [0.717, 1.165) is 35.6 Å². The van der Waals surface area contributed by atoms with Crippen LogP contribution in [0, 0.1) is 20.8 Å². The Morgan fingerprint density at radius 2 is 1.91 bits per heavy atom. The van der Waals surface area contributed by atoms with E-state index in [1.165, 1.54) is 0 Å². The molecule has 0 saturated carbocycles. The molecule has 0 fully saturated rings.